The Balaban J connectivity index is 1.59. The lowest BCUT2D eigenvalue weighted by Gasteiger charge is -2.07. The maximum absolute atomic E-state index is 12.2. The molecule has 3 rings (SSSR count). The third-order valence-corrected chi connectivity index (χ3v) is 4.98. The van der Waals surface area contributed by atoms with Gasteiger partial charge in [-0.1, -0.05) is 49.4 Å². The molecule has 0 saturated heterocycles. The molecule has 0 aliphatic carbocycles. The number of hydrogen-bond acceptors (Lipinski definition) is 4. The second-order valence-electron chi connectivity index (χ2n) is 5.95. The van der Waals surface area contributed by atoms with Crippen LogP contribution >= 0.6 is 11.3 Å². The van der Waals surface area contributed by atoms with E-state index >= 15 is 0 Å². The monoisotopic (exact) mass is 366 g/mol. The highest BCUT2D eigenvalue weighted by Crippen LogP contribution is 2.25. The standard InChI is InChI=1S/C21H22N2O2S/c1-3-15-8-10-16(11-9-15)18-14-26-21(22-18)23-20(24)13-12-17-6-4-5-7-19(17)25-2/h4-11,14H,3,12-13H2,1-2H3,(H,22,23,24). The van der Waals surface area contributed by atoms with Gasteiger partial charge in [0.2, 0.25) is 5.91 Å². The lowest BCUT2D eigenvalue weighted by molar-refractivity contribution is -0.116. The van der Waals surface area contributed by atoms with Crippen LogP contribution in [0.5, 0.6) is 5.75 Å². The molecule has 2 aromatic carbocycles. The van der Waals surface area contributed by atoms with Crippen molar-refractivity contribution in [2.45, 2.75) is 26.2 Å². The zero-order valence-corrected chi connectivity index (χ0v) is 15.8. The minimum atomic E-state index is -0.0434. The molecule has 0 bridgehead atoms. The number of thiazole rings is 1. The number of benzene rings is 2. The molecule has 4 nitrogen and oxygen atoms in total. The SMILES string of the molecule is CCc1ccc(-c2csc(NC(=O)CCc3ccccc3OC)n2)cc1. The number of nitrogens with one attached hydrogen (secondary N) is 1. The predicted molar refractivity (Wildman–Crippen MR) is 107 cm³/mol. The molecule has 0 fully saturated rings. The van der Waals surface area contributed by atoms with E-state index in [4.69, 9.17) is 4.74 Å². The molecule has 0 saturated carbocycles. The highest BCUT2D eigenvalue weighted by Gasteiger charge is 2.10. The number of rotatable bonds is 7. The first-order valence-corrected chi connectivity index (χ1v) is 9.54. The second-order valence-corrected chi connectivity index (χ2v) is 6.81. The van der Waals surface area contributed by atoms with Gasteiger partial charge in [0, 0.05) is 17.4 Å². The van der Waals surface area contributed by atoms with Crippen molar-refractivity contribution in [1.82, 2.24) is 4.98 Å². The van der Waals surface area contributed by atoms with E-state index in [0.29, 0.717) is 18.0 Å². The Morgan fingerprint density at radius 2 is 1.92 bits per heavy atom. The molecule has 1 heterocycles. The van der Waals surface area contributed by atoms with Gasteiger partial charge in [-0.2, -0.15) is 0 Å². The van der Waals surface area contributed by atoms with Crippen LogP contribution in [0.2, 0.25) is 0 Å². The van der Waals surface area contributed by atoms with Gasteiger partial charge >= 0.3 is 0 Å². The summed E-state index contributed by atoms with van der Waals surface area (Å²) < 4.78 is 5.32. The van der Waals surface area contributed by atoms with E-state index in [0.717, 1.165) is 29.0 Å². The summed E-state index contributed by atoms with van der Waals surface area (Å²) in [6.45, 7) is 2.14. The lowest BCUT2D eigenvalue weighted by atomic mass is 10.1. The molecule has 1 amide bonds. The van der Waals surface area contributed by atoms with Crippen LogP contribution in [0.1, 0.15) is 24.5 Å². The summed E-state index contributed by atoms with van der Waals surface area (Å²) in [5.74, 6) is 0.769. The van der Waals surface area contributed by atoms with Crippen LogP contribution in [0.25, 0.3) is 11.3 Å². The number of methoxy groups -OCH3 is 1. The van der Waals surface area contributed by atoms with E-state index < -0.39 is 0 Å². The number of aryl methyl sites for hydroxylation is 2. The van der Waals surface area contributed by atoms with Crippen molar-refractivity contribution in [3.8, 4) is 17.0 Å². The molecule has 134 valence electrons. The van der Waals surface area contributed by atoms with E-state index in [2.05, 4.69) is 41.5 Å². The van der Waals surface area contributed by atoms with Crippen molar-refractivity contribution in [1.29, 1.82) is 0 Å². The zero-order valence-electron chi connectivity index (χ0n) is 15.0. The fourth-order valence-corrected chi connectivity index (χ4v) is 3.45. The van der Waals surface area contributed by atoms with Gasteiger partial charge < -0.3 is 10.1 Å². The molecule has 0 spiro atoms. The maximum Gasteiger partial charge on any atom is 0.226 e. The summed E-state index contributed by atoms with van der Waals surface area (Å²) in [5.41, 5.74) is 4.28. The van der Waals surface area contributed by atoms with Crippen LogP contribution in [0.15, 0.2) is 53.9 Å². The Hall–Kier alpha value is -2.66. The number of aromatic nitrogens is 1. The Kier molecular flexibility index (Phi) is 6.02. The van der Waals surface area contributed by atoms with Crippen molar-refractivity contribution >= 4 is 22.4 Å². The minimum Gasteiger partial charge on any atom is -0.496 e. The van der Waals surface area contributed by atoms with Gasteiger partial charge in [0.05, 0.1) is 12.8 Å². The average molecular weight is 366 g/mol. The highest BCUT2D eigenvalue weighted by atomic mass is 32.1. The van der Waals surface area contributed by atoms with Gasteiger partial charge in [-0.15, -0.1) is 11.3 Å². The number of anilines is 1. The third kappa shape index (κ3) is 4.49. The molecule has 0 atom stereocenters. The number of carbonyl (C=O) groups is 1. The van der Waals surface area contributed by atoms with E-state index in [-0.39, 0.29) is 5.91 Å². The average Bonchev–Trinajstić information content (AvgIpc) is 3.15. The molecule has 26 heavy (non-hydrogen) atoms. The van der Waals surface area contributed by atoms with E-state index in [1.807, 2.05) is 29.6 Å². The summed E-state index contributed by atoms with van der Waals surface area (Å²) in [7, 11) is 1.64. The largest absolute Gasteiger partial charge is 0.496 e. The van der Waals surface area contributed by atoms with Crippen LogP contribution < -0.4 is 10.1 Å². The zero-order chi connectivity index (χ0) is 18.4. The van der Waals surface area contributed by atoms with E-state index in [1.165, 1.54) is 16.9 Å². The Bertz CT molecular complexity index is 872. The summed E-state index contributed by atoms with van der Waals surface area (Å²) in [5, 5.41) is 5.49. The second kappa shape index (κ2) is 8.63. The summed E-state index contributed by atoms with van der Waals surface area (Å²) in [4.78, 5) is 16.8. The summed E-state index contributed by atoms with van der Waals surface area (Å²) in [6.07, 6.45) is 2.04. The van der Waals surface area contributed by atoms with Crippen molar-refractivity contribution in [3.63, 3.8) is 0 Å². The quantitative estimate of drug-likeness (QED) is 0.643. The van der Waals surface area contributed by atoms with Gasteiger partial charge in [-0.25, -0.2) is 4.98 Å². The van der Waals surface area contributed by atoms with Gasteiger partial charge in [0.25, 0.3) is 0 Å². The number of amides is 1. The molecular formula is C21H22N2O2S. The Labute approximate surface area is 157 Å². The van der Waals surface area contributed by atoms with E-state index in [1.54, 1.807) is 7.11 Å². The van der Waals surface area contributed by atoms with Crippen LogP contribution in [-0.4, -0.2) is 18.0 Å². The van der Waals surface area contributed by atoms with Gasteiger partial charge in [0.1, 0.15) is 5.75 Å². The van der Waals surface area contributed by atoms with Crippen molar-refractivity contribution in [3.05, 3.63) is 65.0 Å². The number of nitrogens with zero attached hydrogens (tertiary/aromatic N) is 1. The van der Waals surface area contributed by atoms with Crippen LogP contribution in [0.4, 0.5) is 5.13 Å². The third-order valence-electron chi connectivity index (χ3n) is 4.22. The number of carbonyl (C=O) groups excluding carboxylic acids is 1. The molecule has 1 N–H and O–H groups in total. The lowest BCUT2D eigenvalue weighted by Crippen LogP contribution is -2.12. The molecule has 0 radical (unpaired) electrons. The molecule has 1 aromatic heterocycles. The molecule has 0 aliphatic rings. The smallest absolute Gasteiger partial charge is 0.226 e. The number of ether oxygens (including phenoxy) is 1. The highest BCUT2D eigenvalue weighted by molar-refractivity contribution is 7.14. The van der Waals surface area contributed by atoms with E-state index in [9.17, 15) is 4.79 Å². The fraction of sp³-hybridized carbons (Fsp3) is 0.238. The number of para-hydroxylation sites is 1. The minimum absolute atomic E-state index is 0.0434. The molecule has 3 aromatic rings. The first-order chi connectivity index (χ1) is 12.7. The summed E-state index contributed by atoms with van der Waals surface area (Å²) >= 11 is 1.44. The first-order valence-electron chi connectivity index (χ1n) is 8.66. The Morgan fingerprint density at radius 1 is 1.15 bits per heavy atom. The molecule has 0 unspecified atom stereocenters. The van der Waals surface area contributed by atoms with Crippen molar-refractivity contribution in [2.24, 2.45) is 0 Å². The Morgan fingerprint density at radius 3 is 2.65 bits per heavy atom. The fourth-order valence-electron chi connectivity index (χ4n) is 2.71. The van der Waals surface area contributed by atoms with Crippen molar-refractivity contribution in [2.75, 3.05) is 12.4 Å². The predicted octanol–water partition coefficient (Wildman–Crippen LogP) is 4.95. The molecule has 0 aliphatic heterocycles. The molecular weight excluding hydrogens is 344 g/mol. The van der Waals surface area contributed by atoms with Crippen molar-refractivity contribution < 1.29 is 9.53 Å². The maximum atomic E-state index is 12.2. The van der Waals surface area contributed by atoms with Gasteiger partial charge in [-0.3, -0.25) is 4.79 Å². The van der Waals surface area contributed by atoms with Crippen LogP contribution in [0.3, 0.4) is 0 Å². The molecule has 5 heteroatoms. The van der Waals surface area contributed by atoms with Crippen LogP contribution in [-0.2, 0) is 17.6 Å². The van der Waals surface area contributed by atoms with Gasteiger partial charge in [-0.05, 0) is 30.0 Å². The summed E-state index contributed by atoms with van der Waals surface area (Å²) in [6, 6.07) is 16.1. The van der Waals surface area contributed by atoms with Crippen LogP contribution in [0, 0.1) is 0 Å². The number of hydrogen-bond donors (Lipinski definition) is 1. The topological polar surface area (TPSA) is 51.2 Å². The normalized spacial score (nSPS) is 10.5. The first kappa shape index (κ1) is 18.1. The van der Waals surface area contributed by atoms with Gasteiger partial charge in [0.15, 0.2) is 5.13 Å².